The second-order valence-corrected chi connectivity index (χ2v) is 20.4. The van der Waals surface area contributed by atoms with Gasteiger partial charge in [0.25, 0.3) is 0 Å². The van der Waals surface area contributed by atoms with Crippen LogP contribution in [0.1, 0.15) is 48.5 Å². The summed E-state index contributed by atoms with van der Waals surface area (Å²) in [6, 6.07) is 17.1. The topological polar surface area (TPSA) is 108 Å². The van der Waals surface area contributed by atoms with Crippen LogP contribution in [0.2, 0.25) is 18.1 Å². The van der Waals surface area contributed by atoms with Gasteiger partial charge in [-0.3, -0.25) is 19.1 Å². The van der Waals surface area contributed by atoms with E-state index < -0.39 is 64.3 Å². The maximum Gasteiger partial charge on any atom is 0.361 e. The van der Waals surface area contributed by atoms with Crippen molar-refractivity contribution in [2.24, 2.45) is 17.8 Å². The first-order chi connectivity index (χ1) is 20.5. The lowest BCUT2D eigenvalue weighted by Gasteiger charge is -2.49. The van der Waals surface area contributed by atoms with Gasteiger partial charge in [-0.1, -0.05) is 77.9 Å². The van der Waals surface area contributed by atoms with Crippen LogP contribution in [0.3, 0.4) is 0 Å². The standard InChI is InChI=1S/C33H44NO8PSi/c1-21(2)31(36)39-20-40-32(37)28-29(41-43(38,24-16-12-10-13-17-24)25-18-14-11-15-19-25)22(3)27-26(30(35)34(27)28)23(4)42-44(8,9)33(5,6)7/h10-19,21-23,26-27H,20H2,1-9H3/t22-,23-,26-,27+/m1/s1. The van der Waals surface area contributed by atoms with E-state index in [-0.39, 0.29) is 22.4 Å². The van der Waals surface area contributed by atoms with E-state index in [2.05, 4.69) is 33.9 Å². The van der Waals surface area contributed by atoms with Crippen LogP contribution in [-0.4, -0.2) is 50.0 Å². The molecule has 0 aromatic heterocycles. The van der Waals surface area contributed by atoms with Gasteiger partial charge < -0.3 is 18.4 Å². The molecule has 2 aliphatic rings. The number of hydrogen-bond acceptors (Lipinski definition) is 8. The van der Waals surface area contributed by atoms with E-state index in [9.17, 15) is 18.9 Å². The average molecular weight is 642 g/mol. The van der Waals surface area contributed by atoms with E-state index in [0.29, 0.717) is 10.6 Å². The molecule has 0 N–H and O–H groups in total. The molecule has 2 aliphatic heterocycles. The molecule has 1 saturated heterocycles. The van der Waals surface area contributed by atoms with Crippen LogP contribution in [0.25, 0.3) is 0 Å². The highest BCUT2D eigenvalue weighted by Gasteiger charge is 2.63. The SMILES string of the molecule is CC(C)C(=O)OCOC(=O)C1=C(OP(=O)(c2ccccc2)c2ccccc2)[C@H](C)[C@H]2[C@@H]([C@@H](C)O[Si](C)(C)C(C)(C)C)C(=O)N12. The van der Waals surface area contributed by atoms with Gasteiger partial charge in [-0.05, 0) is 49.3 Å². The Kier molecular flexibility index (Phi) is 9.69. The molecule has 0 spiro atoms. The smallest absolute Gasteiger partial charge is 0.361 e. The van der Waals surface area contributed by atoms with Gasteiger partial charge in [0.15, 0.2) is 14.0 Å². The zero-order valence-electron chi connectivity index (χ0n) is 27.0. The Bertz CT molecular complexity index is 1420. The molecule has 238 valence electrons. The molecular weight excluding hydrogens is 597 g/mol. The van der Waals surface area contributed by atoms with Crippen molar-refractivity contribution in [1.29, 1.82) is 0 Å². The summed E-state index contributed by atoms with van der Waals surface area (Å²) in [4.78, 5) is 40.8. The van der Waals surface area contributed by atoms with Crippen molar-refractivity contribution in [3.63, 3.8) is 0 Å². The number of rotatable bonds is 11. The molecule has 2 aromatic rings. The maximum atomic E-state index is 14.9. The van der Waals surface area contributed by atoms with Crippen molar-refractivity contribution < 1.29 is 37.4 Å². The molecule has 0 bridgehead atoms. The lowest BCUT2D eigenvalue weighted by molar-refractivity contribution is -0.173. The van der Waals surface area contributed by atoms with Crippen LogP contribution in [0.5, 0.6) is 0 Å². The van der Waals surface area contributed by atoms with E-state index in [4.69, 9.17) is 18.4 Å². The van der Waals surface area contributed by atoms with E-state index >= 15 is 0 Å². The fraction of sp³-hybridized carbons (Fsp3) is 0.485. The number of nitrogens with zero attached hydrogens (tertiary/aromatic N) is 1. The quantitative estimate of drug-likeness (QED) is 0.101. The Morgan fingerprint density at radius 2 is 1.45 bits per heavy atom. The summed E-state index contributed by atoms with van der Waals surface area (Å²) in [6.07, 6.45) is -0.425. The van der Waals surface area contributed by atoms with Crippen LogP contribution in [-0.2, 0) is 37.4 Å². The van der Waals surface area contributed by atoms with Crippen molar-refractivity contribution in [1.82, 2.24) is 4.90 Å². The third-order valence-electron chi connectivity index (χ3n) is 8.86. The van der Waals surface area contributed by atoms with Gasteiger partial charge in [-0.2, -0.15) is 0 Å². The minimum absolute atomic E-state index is 0.0675. The second kappa shape index (κ2) is 12.7. The fourth-order valence-electron chi connectivity index (χ4n) is 5.35. The lowest BCUT2D eigenvalue weighted by atomic mass is 9.79. The molecule has 0 aliphatic carbocycles. The number of fused-ring (bicyclic) bond motifs is 1. The van der Waals surface area contributed by atoms with Crippen LogP contribution >= 0.6 is 7.37 Å². The number of ether oxygens (including phenoxy) is 2. The molecule has 1 fully saturated rings. The summed E-state index contributed by atoms with van der Waals surface area (Å²) in [5.41, 5.74) is -0.129. The Labute approximate surface area is 261 Å². The maximum absolute atomic E-state index is 14.9. The summed E-state index contributed by atoms with van der Waals surface area (Å²) in [6.45, 7) is 17.1. The second-order valence-electron chi connectivity index (χ2n) is 13.3. The first-order valence-corrected chi connectivity index (χ1v) is 19.5. The van der Waals surface area contributed by atoms with E-state index in [1.807, 2.05) is 26.0 Å². The van der Waals surface area contributed by atoms with Gasteiger partial charge in [-0.15, -0.1) is 0 Å². The summed E-state index contributed by atoms with van der Waals surface area (Å²) in [5.74, 6) is -3.10. The molecule has 4 rings (SSSR count). The van der Waals surface area contributed by atoms with Gasteiger partial charge in [-0.25, -0.2) is 4.79 Å². The van der Waals surface area contributed by atoms with Crippen LogP contribution in [0, 0.1) is 17.8 Å². The molecule has 2 aromatic carbocycles. The third-order valence-corrected chi connectivity index (χ3v) is 15.8. The fourth-order valence-corrected chi connectivity index (χ4v) is 8.95. The van der Waals surface area contributed by atoms with Crippen molar-refractivity contribution >= 4 is 44.1 Å². The molecule has 0 radical (unpaired) electrons. The monoisotopic (exact) mass is 641 g/mol. The van der Waals surface area contributed by atoms with Gasteiger partial charge in [0.2, 0.25) is 12.7 Å². The van der Waals surface area contributed by atoms with Crippen LogP contribution < -0.4 is 10.6 Å². The lowest BCUT2D eigenvalue weighted by Crippen LogP contribution is -2.65. The molecule has 0 saturated carbocycles. The highest BCUT2D eigenvalue weighted by molar-refractivity contribution is 7.74. The number of benzene rings is 2. The number of carbonyl (C=O) groups excluding carboxylic acids is 3. The molecule has 11 heteroatoms. The predicted molar refractivity (Wildman–Crippen MR) is 171 cm³/mol. The Morgan fingerprint density at radius 1 is 0.932 bits per heavy atom. The summed E-state index contributed by atoms with van der Waals surface area (Å²) in [7, 11) is -6.03. The number of carbonyl (C=O) groups is 3. The van der Waals surface area contributed by atoms with Gasteiger partial charge >= 0.3 is 19.3 Å². The minimum atomic E-state index is -3.80. The minimum Gasteiger partial charge on any atom is -0.439 e. The number of β-lactam (4-membered cyclic amide) rings is 1. The predicted octanol–water partition coefficient (Wildman–Crippen LogP) is 5.73. The Morgan fingerprint density at radius 3 is 1.93 bits per heavy atom. The summed E-state index contributed by atoms with van der Waals surface area (Å²) in [5, 5.41) is 0.814. The molecule has 4 atom stereocenters. The zero-order valence-corrected chi connectivity index (χ0v) is 28.9. The van der Waals surface area contributed by atoms with E-state index in [1.165, 1.54) is 4.90 Å². The highest BCUT2D eigenvalue weighted by Crippen LogP contribution is 2.55. The molecule has 1 amide bonds. The third kappa shape index (κ3) is 6.30. The largest absolute Gasteiger partial charge is 0.439 e. The summed E-state index contributed by atoms with van der Waals surface area (Å²) >= 11 is 0. The van der Waals surface area contributed by atoms with E-state index in [1.54, 1.807) is 62.4 Å². The van der Waals surface area contributed by atoms with Gasteiger partial charge in [0, 0.05) is 5.92 Å². The zero-order chi connectivity index (χ0) is 32.6. The van der Waals surface area contributed by atoms with Gasteiger partial charge in [0.1, 0.15) is 5.76 Å². The highest BCUT2D eigenvalue weighted by atomic mass is 31.2. The first-order valence-electron chi connectivity index (χ1n) is 15.0. The van der Waals surface area contributed by atoms with Crippen LogP contribution in [0.4, 0.5) is 0 Å². The normalized spacial score (nSPS) is 21.1. The molecular formula is C33H44NO8PSi. The van der Waals surface area contributed by atoms with Crippen LogP contribution in [0.15, 0.2) is 72.1 Å². The Hall–Kier alpha value is -3.20. The summed E-state index contributed by atoms with van der Waals surface area (Å²) < 4.78 is 38.4. The Balaban J connectivity index is 1.74. The number of esters is 2. The van der Waals surface area contributed by atoms with E-state index in [0.717, 1.165) is 0 Å². The average Bonchev–Trinajstić information content (AvgIpc) is 3.20. The van der Waals surface area contributed by atoms with Crippen molar-refractivity contribution in [3.8, 4) is 0 Å². The molecule has 0 unspecified atom stereocenters. The molecule has 9 nitrogen and oxygen atoms in total. The molecule has 2 heterocycles. The van der Waals surface area contributed by atoms with Crippen molar-refractivity contribution in [2.75, 3.05) is 6.79 Å². The van der Waals surface area contributed by atoms with Crippen molar-refractivity contribution in [3.05, 3.63) is 72.1 Å². The number of hydrogen-bond donors (Lipinski definition) is 0. The number of amides is 1. The van der Waals surface area contributed by atoms with Gasteiger partial charge in [0.05, 0.1) is 34.6 Å². The first kappa shape index (κ1) is 33.7. The molecule has 44 heavy (non-hydrogen) atoms. The van der Waals surface area contributed by atoms with Crippen molar-refractivity contribution in [2.45, 2.75) is 78.7 Å².